The molecule has 4 rings (SSSR count). The molecular formula is C26H27ClN2O3. The zero-order valence-corrected chi connectivity index (χ0v) is 19.1. The molecule has 0 aromatic heterocycles. The smallest absolute Gasteiger partial charge is 0.254 e. The summed E-state index contributed by atoms with van der Waals surface area (Å²) >= 11 is 6.26. The number of amides is 2. The molecule has 1 atom stereocenters. The van der Waals surface area contributed by atoms with Gasteiger partial charge >= 0.3 is 0 Å². The zero-order valence-electron chi connectivity index (χ0n) is 18.4. The van der Waals surface area contributed by atoms with Crippen molar-refractivity contribution in [3.8, 4) is 5.75 Å². The van der Waals surface area contributed by atoms with Gasteiger partial charge in [-0.05, 0) is 42.0 Å². The lowest BCUT2D eigenvalue weighted by atomic mass is 9.95. The van der Waals surface area contributed by atoms with Gasteiger partial charge in [0.2, 0.25) is 5.91 Å². The first-order valence-corrected chi connectivity index (χ1v) is 11.2. The molecule has 1 aliphatic heterocycles. The third-order valence-electron chi connectivity index (χ3n) is 6.13. The first-order chi connectivity index (χ1) is 15.5. The van der Waals surface area contributed by atoms with Crippen molar-refractivity contribution < 1.29 is 14.3 Å². The Hall–Kier alpha value is -3.05. The predicted molar refractivity (Wildman–Crippen MR) is 127 cm³/mol. The minimum atomic E-state index is -0.218. The number of carbonyl (C=O) groups excluding carboxylic acids is 2. The summed E-state index contributed by atoms with van der Waals surface area (Å²) in [5, 5.41) is 2.42. The van der Waals surface area contributed by atoms with Crippen LogP contribution in [-0.2, 0) is 11.3 Å². The van der Waals surface area contributed by atoms with Crippen molar-refractivity contribution >= 4 is 34.2 Å². The number of hydrogen-bond acceptors (Lipinski definition) is 3. The zero-order chi connectivity index (χ0) is 22.7. The number of fused-ring (bicyclic) bond motifs is 1. The van der Waals surface area contributed by atoms with Gasteiger partial charge in [-0.1, -0.05) is 54.1 Å². The van der Waals surface area contributed by atoms with Crippen LogP contribution >= 0.6 is 11.6 Å². The van der Waals surface area contributed by atoms with Crippen LogP contribution in [0.3, 0.4) is 0 Å². The van der Waals surface area contributed by atoms with Crippen molar-refractivity contribution in [2.45, 2.75) is 19.4 Å². The number of likely N-dealkylation sites (tertiary alicyclic amines) is 1. The summed E-state index contributed by atoms with van der Waals surface area (Å²) in [6.07, 6.45) is 1.58. The summed E-state index contributed by atoms with van der Waals surface area (Å²) in [7, 11) is 3.42. The van der Waals surface area contributed by atoms with Gasteiger partial charge in [0.05, 0.1) is 13.0 Å². The Balaban J connectivity index is 1.50. The lowest BCUT2D eigenvalue weighted by molar-refractivity contribution is -0.136. The van der Waals surface area contributed by atoms with E-state index in [2.05, 4.69) is 0 Å². The Kier molecular flexibility index (Phi) is 6.66. The second kappa shape index (κ2) is 9.61. The van der Waals surface area contributed by atoms with E-state index in [1.165, 1.54) is 0 Å². The Morgan fingerprint density at radius 1 is 1.06 bits per heavy atom. The molecule has 1 aliphatic rings. The highest BCUT2D eigenvalue weighted by atomic mass is 35.5. The third kappa shape index (κ3) is 4.44. The van der Waals surface area contributed by atoms with Crippen LogP contribution < -0.4 is 4.74 Å². The first-order valence-electron chi connectivity index (χ1n) is 10.8. The molecule has 0 radical (unpaired) electrons. The van der Waals surface area contributed by atoms with E-state index in [1.54, 1.807) is 19.1 Å². The summed E-state index contributed by atoms with van der Waals surface area (Å²) in [6, 6.07) is 19.0. The van der Waals surface area contributed by atoms with Crippen LogP contribution in [-0.4, -0.2) is 48.9 Å². The molecule has 1 heterocycles. The van der Waals surface area contributed by atoms with Gasteiger partial charge in [-0.25, -0.2) is 0 Å². The summed E-state index contributed by atoms with van der Waals surface area (Å²) in [6.45, 7) is 1.52. The van der Waals surface area contributed by atoms with E-state index in [4.69, 9.17) is 16.3 Å². The molecule has 6 heteroatoms. The summed E-state index contributed by atoms with van der Waals surface area (Å²) in [5.74, 6) is 0.520. The van der Waals surface area contributed by atoms with E-state index in [1.807, 2.05) is 65.6 Å². The SMILES string of the molecule is COc1ccc(C(=O)N2CCC[C@H](C(=O)N(C)Cc3ccccc3Cl)C2)c2ccccc12. The van der Waals surface area contributed by atoms with Crippen molar-refractivity contribution in [2.75, 3.05) is 27.2 Å². The van der Waals surface area contributed by atoms with Crippen molar-refractivity contribution in [1.82, 2.24) is 9.80 Å². The van der Waals surface area contributed by atoms with Crippen LogP contribution in [0.15, 0.2) is 60.7 Å². The molecule has 5 nitrogen and oxygen atoms in total. The van der Waals surface area contributed by atoms with Gasteiger partial charge in [0.1, 0.15) is 5.75 Å². The number of rotatable bonds is 5. The van der Waals surface area contributed by atoms with Gasteiger partial charge in [0, 0.05) is 42.7 Å². The van der Waals surface area contributed by atoms with Crippen LogP contribution in [0.25, 0.3) is 10.8 Å². The minimum absolute atomic E-state index is 0.0435. The number of ether oxygens (including phenoxy) is 1. The lowest BCUT2D eigenvalue weighted by Gasteiger charge is -2.34. The Morgan fingerprint density at radius 2 is 1.78 bits per heavy atom. The number of carbonyl (C=O) groups is 2. The van der Waals surface area contributed by atoms with E-state index in [9.17, 15) is 9.59 Å². The molecule has 32 heavy (non-hydrogen) atoms. The number of benzene rings is 3. The average molecular weight is 451 g/mol. The summed E-state index contributed by atoms with van der Waals surface area (Å²) in [4.78, 5) is 30.1. The molecule has 0 bridgehead atoms. The lowest BCUT2D eigenvalue weighted by Crippen LogP contribution is -2.45. The highest BCUT2D eigenvalue weighted by molar-refractivity contribution is 6.31. The van der Waals surface area contributed by atoms with Crippen LogP contribution in [0.2, 0.25) is 5.02 Å². The largest absolute Gasteiger partial charge is 0.496 e. The topological polar surface area (TPSA) is 49.9 Å². The van der Waals surface area contributed by atoms with Gasteiger partial charge in [0.25, 0.3) is 5.91 Å². The van der Waals surface area contributed by atoms with E-state index in [0.29, 0.717) is 30.2 Å². The number of nitrogens with zero attached hydrogens (tertiary/aromatic N) is 2. The van der Waals surface area contributed by atoms with E-state index in [0.717, 1.165) is 34.9 Å². The first kappa shape index (κ1) is 22.2. The Morgan fingerprint density at radius 3 is 2.53 bits per heavy atom. The standard InChI is InChI=1S/C26H27ClN2O3/c1-28(16-18-8-3-6-12-23(18)27)25(30)19-9-7-15-29(17-19)26(31)22-13-14-24(32-2)21-11-5-4-10-20(21)22/h3-6,8,10-14,19H,7,9,15-17H2,1-2H3/t19-/m0/s1. The van der Waals surface area contributed by atoms with E-state index in [-0.39, 0.29) is 17.7 Å². The second-order valence-corrected chi connectivity index (χ2v) is 8.64. The summed E-state index contributed by atoms with van der Waals surface area (Å²) < 4.78 is 5.46. The van der Waals surface area contributed by atoms with Crippen molar-refractivity contribution in [2.24, 2.45) is 5.92 Å². The van der Waals surface area contributed by atoms with Crippen molar-refractivity contribution in [1.29, 1.82) is 0 Å². The molecule has 1 fully saturated rings. The fourth-order valence-corrected chi connectivity index (χ4v) is 4.64. The number of methoxy groups -OCH3 is 1. The fraction of sp³-hybridized carbons (Fsp3) is 0.308. The highest BCUT2D eigenvalue weighted by Crippen LogP contribution is 2.30. The highest BCUT2D eigenvalue weighted by Gasteiger charge is 2.31. The quantitative estimate of drug-likeness (QED) is 0.548. The van der Waals surface area contributed by atoms with Crippen molar-refractivity contribution in [3.05, 3.63) is 76.8 Å². The van der Waals surface area contributed by atoms with Crippen molar-refractivity contribution in [3.63, 3.8) is 0 Å². The molecule has 2 amide bonds. The van der Waals surface area contributed by atoms with Crippen LogP contribution in [0.5, 0.6) is 5.75 Å². The normalized spacial score (nSPS) is 16.1. The van der Waals surface area contributed by atoms with Crippen LogP contribution in [0, 0.1) is 5.92 Å². The third-order valence-corrected chi connectivity index (χ3v) is 6.50. The van der Waals surface area contributed by atoms with E-state index >= 15 is 0 Å². The van der Waals surface area contributed by atoms with Gasteiger partial charge in [0.15, 0.2) is 0 Å². The number of hydrogen-bond donors (Lipinski definition) is 0. The molecule has 0 unspecified atom stereocenters. The number of halogens is 1. The van der Waals surface area contributed by atoms with Gasteiger partial charge in [-0.2, -0.15) is 0 Å². The van der Waals surface area contributed by atoms with Gasteiger partial charge in [-0.15, -0.1) is 0 Å². The maximum absolute atomic E-state index is 13.4. The molecule has 0 spiro atoms. The molecule has 0 saturated carbocycles. The molecule has 166 valence electrons. The second-order valence-electron chi connectivity index (χ2n) is 8.24. The summed E-state index contributed by atoms with van der Waals surface area (Å²) in [5.41, 5.74) is 1.55. The van der Waals surface area contributed by atoms with E-state index < -0.39 is 0 Å². The maximum Gasteiger partial charge on any atom is 0.254 e. The van der Waals surface area contributed by atoms with Gasteiger partial charge in [-0.3, -0.25) is 9.59 Å². The minimum Gasteiger partial charge on any atom is -0.496 e. The monoisotopic (exact) mass is 450 g/mol. The Labute approximate surface area is 193 Å². The Bertz CT molecular complexity index is 1150. The molecule has 0 aliphatic carbocycles. The molecule has 3 aromatic rings. The molecule has 3 aromatic carbocycles. The predicted octanol–water partition coefficient (Wildman–Crippen LogP) is 5.01. The molecular weight excluding hydrogens is 424 g/mol. The van der Waals surface area contributed by atoms with Crippen LogP contribution in [0.4, 0.5) is 0 Å². The van der Waals surface area contributed by atoms with Crippen LogP contribution in [0.1, 0.15) is 28.8 Å². The van der Waals surface area contributed by atoms with Gasteiger partial charge < -0.3 is 14.5 Å². The maximum atomic E-state index is 13.4. The molecule has 0 N–H and O–H groups in total. The average Bonchev–Trinajstić information content (AvgIpc) is 2.84. The molecule has 1 saturated heterocycles. The number of piperidine rings is 1. The fourth-order valence-electron chi connectivity index (χ4n) is 4.44.